The highest BCUT2D eigenvalue weighted by molar-refractivity contribution is 7.46. The van der Waals surface area contributed by atoms with E-state index in [9.17, 15) is 4.57 Å². The van der Waals surface area contributed by atoms with Crippen molar-refractivity contribution in [1.29, 1.82) is 0 Å². The second-order valence-corrected chi connectivity index (χ2v) is 12.6. The molecule has 0 radical (unpaired) electrons. The zero-order valence-corrected chi connectivity index (χ0v) is 23.9. The molecule has 0 spiro atoms. The van der Waals surface area contributed by atoms with Crippen LogP contribution in [0.25, 0.3) is 0 Å². The summed E-state index contributed by atoms with van der Waals surface area (Å²) >= 11 is 0. The van der Waals surface area contributed by atoms with E-state index in [0.717, 1.165) is 12.8 Å². The SMILES string of the molecule is C[N+](C)(C)CC(CCCCCCCCCCCCCCCCCCc1ccccc1)OP(=O)(O)O. The molecule has 1 aromatic rings. The number of hydrogen-bond acceptors (Lipinski definition) is 2. The molecule has 0 aromatic heterocycles. The van der Waals surface area contributed by atoms with E-state index in [4.69, 9.17) is 14.3 Å². The Morgan fingerprint density at radius 1 is 0.686 bits per heavy atom. The van der Waals surface area contributed by atoms with E-state index < -0.39 is 7.82 Å². The van der Waals surface area contributed by atoms with Gasteiger partial charge in [0.1, 0.15) is 12.6 Å². The summed E-state index contributed by atoms with van der Waals surface area (Å²) in [7, 11) is 1.64. The fourth-order valence-corrected chi connectivity index (χ4v) is 5.36. The van der Waals surface area contributed by atoms with Crippen LogP contribution in [-0.2, 0) is 15.5 Å². The molecular formula is C29H55NO4P+. The van der Waals surface area contributed by atoms with Crippen molar-refractivity contribution in [2.24, 2.45) is 0 Å². The van der Waals surface area contributed by atoms with E-state index in [1.807, 2.05) is 21.1 Å². The summed E-state index contributed by atoms with van der Waals surface area (Å²) in [4.78, 5) is 18.3. The van der Waals surface area contributed by atoms with Gasteiger partial charge in [0.15, 0.2) is 0 Å². The Balaban J connectivity index is 1.84. The average molecular weight is 513 g/mol. The zero-order chi connectivity index (χ0) is 25.8. The van der Waals surface area contributed by atoms with Gasteiger partial charge in [0.25, 0.3) is 0 Å². The van der Waals surface area contributed by atoms with Crippen LogP contribution in [0.2, 0.25) is 0 Å². The summed E-state index contributed by atoms with van der Waals surface area (Å²) in [6.07, 6.45) is 22.6. The number of aryl methyl sites for hydroxylation is 1. The van der Waals surface area contributed by atoms with Gasteiger partial charge < -0.3 is 14.3 Å². The third-order valence-corrected chi connectivity index (χ3v) is 7.19. The molecule has 5 nitrogen and oxygen atoms in total. The molecule has 0 fully saturated rings. The van der Waals surface area contributed by atoms with Gasteiger partial charge in [-0.15, -0.1) is 0 Å². The quantitative estimate of drug-likeness (QED) is 0.0884. The first-order chi connectivity index (χ1) is 16.7. The minimum atomic E-state index is -4.42. The monoisotopic (exact) mass is 512 g/mol. The molecule has 1 aromatic carbocycles. The number of benzene rings is 1. The number of nitrogens with zero attached hydrogens (tertiary/aromatic N) is 1. The smallest absolute Gasteiger partial charge is 0.329 e. The lowest BCUT2D eigenvalue weighted by molar-refractivity contribution is -0.873. The summed E-state index contributed by atoms with van der Waals surface area (Å²) in [6, 6.07) is 10.8. The van der Waals surface area contributed by atoms with Gasteiger partial charge in [-0.05, 0) is 24.8 Å². The third kappa shape index (κ3) is 22.2. The molecule has 2 N–H and O–H groups in total. The summed E-state index contributed by atoms with van der Waals surface area (Å²) in [5.74, 6) is 0. The maximum Gasteiger partial charge on any atom is 0.470 e. The van der Waals surface area contributed by atoms with Gasteiger partial charge in [-0.25, -0.2) is 4.57 Å². The van der Waals surface area contributed by atoms with Gasteiger partial charge in [0.2, 0.25) is 0 Å². The van der Waals surface area contributed by atoms with Crippen molar-refractivity contribution < 1.29 is 23.4 Å². The Morgan fingerprint density at radius 3 is 1.49 bits per heavy atom. The highest BCUT2D eigenvalue weighted by Crippen LogP contribution is 2.39. The molecule has 35 heavy (non-hydrogen) atoms. The van der Waals surface area contributed by atoms with Crippen molar-refractivity contribution in [2.45, 2.75) is 122 Å². The lowest BCUT2D eigenvalue weighted by Gasteiger charge is -2.29. The van der Waals surface area contributed by atoms with Crippen molar-refractivity contribution in [3.8, 4) is 0 Å². The minimum absolute atomic E-state index is 0.379. The first-order valence-electron chi connectivity index (χ1n) is 14.2. The Morgan fingerprint density at radius 2 is 1.09 bits per heavy atom. The predicted octanol–water partition coefficient (Wildman–Crippen LogP) is 8.04. The molecule has 0 saturated heterocycles. The molecule has 6 heteroatoms. The first-order valence-corrected chi connectivity index (χ1v) is 15.8. The van der Waals surface area contributed by atoms with E-state index in [1.54, 1.807) is 0 Å². The standard InChI is InChI=1S/C29H54NO4P/c1-30(2,3)27-29(34-35(31,32)33)26-22-17-15-13-11-9-7-5-4-6-8-10-12-14-16-19-23-28-24-20-18-21-25-28/h18,20-21,24-25,29H,4-17,19,22-23,26-27H2,1-3H3,(H-,31,32,33)/p+1. The molecule has 1 rings (SSSR count). The Hall–Kier alpha value is -0.710. The van der Waals surface area contributed by atoms with Crippen LogP contribution in [-0.4, -0.2) is 48.1 Å². The van der Waals surface area contributed by atoms with E-state index in [0.29, 0.717) is 17.4 Å². The Kier molecular flexibility index (Phi) is 17.9. The number of quaternary nitrogens is 1. The number of phosphoric acid groups is 1. The Labute approximate surface area is 216 Å². The molecular weight excluding hydrogens is 457 g/mol. The molecule has 0 saturated carbocycles. The molecule has 1 atom stereocenters. The van der Waals surface area contributed by atoms with Crippen LogP contribution in [0.4, 0.5) is 0 Å². The number of rotatable bonds is 23. The van der Waals surface area contributed by atoms with Crippen LogP contribution < -0.4 is 0 Å². The highest BCUT2D eigenvalue weighted by atomic mass is 31.2. The summed E-state index contributed by atoms with van der Waals surface area (Å²) in [5, 5.41) is 0. The number of unbranched alkanes of at least 4 members (excludes halogenated alkanes) is 15. The normalized spacial score (nSPS) is 13.3. The number of hydrogen-bond donors (Lipinski definition) is 2. The lowest BCUT2D eigenvalue weighted by Crippen LogP contribution is -2.42. The fraction of sp³-hybridized carbons (Fsp3) is 0.793. The van der Waals surface area contributed by atoms with E-state index in [-0.39, 0.29) is 6.10 Å². The molecule has 0 bridgehead atoms. The van der Waals surface area contributed by atoms with E-state index in [1.165, 1.54) is 102 Å². The van der Waals surface area contributed by atoms with Crippen LogP contribution in [0, 0.1) is 0 Å². The lowest BCUT2D eigenvalue weighted by atomic mass is 10.0. The summed E-state index contributed by atoms with van der Waals surface area (Å²) < 4.78 is 16.9. The van der Waals surface area contributed by atoms with Crippen LogP contribution in [0.3, 0.4) is 0 Å². The summed E-state index contributed by atoms with van der Waals surface area (Å²) in [5.41, 5.74) is 1.47. The van der Waals surface area contributed by atoms with Crippen molar-refractivity contribution in [1.82, 2.24) is 0 Å². The molecule has 0 aliphatic rings. The maximum atomic E-state index is 11.2. The largest absolute Gasteiger partial charge is 0.470 e. The maximum absolute atomic E-state index is 11.2. The minimum Gasteiger partial charge on any atom is -0.329 e. The van der Waals surface area contributed by atoms with E-state index >= 15 is 0 Å². The van der Waals surface area contributed by atoms with Gasteiger partial charge in [0.05, 0.1) is 21.1 Å². The fourth-order valence-electron chi connectivity index (χ4n) is 4.80. The van der Waals surface area contributed by atoms with Gasteiger partial charge in [0, 0.05) is 0 Å². The Bertz CT molecular complexity index is 656. The van der Waals surface area contributed by atoms with Gasteiger partial charge >= 0.3 is 7.82 Å². The first kappa shape index (κ1) is 32.3. The van der Waals surface area contributed by atoms with Gasteiger partial charge in [-0.3, -0.25) is 4.52 Å². The van der Waals surface area contributed by atoms with E-state index in [2.05, 4.69) is 30.3 Å². The topological polar surface area (TPSA) is 66.8 Å². The third-order valence-electron chi connectivity index (χ3n) is 6.62. The molecule has 0 aliphatic heterocycles. The van der Waals surface area contributed by atoms with Crippen LogP contribution in [0.1, 0.15) is 115 Å². The second-order valence-electron chi connectivity index (χ2n) is 11.4. The predicted molar refractivity (Wildman–Crippen MR) is 148 cm³/mol. The van der Waals surface area contributed by atoms with Crippen molar-refractivity contribution in [3.63, 3.8) is 0 Å². The number of likely N-dealkylation sites (N-methyl/N-ethyl adjacent to an activating group) is 1. The molecule has 0 aliphatic carbocycles. The highest BCUT2D eigenvalue weighted by Gasteiger charge is 2.26. The van der Waals surface area contributed by atoms with Crippen molar-refractivity contribution in [3.05, 3.63) is 35.9 Å². The van der Waals surface area contributed by atoms with Crippen molar-refractivity contribution >= 4 is 7.82 Å². The van der Waals surface area contributed by atoms with Crippen LogP contribution in [0.5, 0.6) is 0 Å². The number of phosphoric ester groups is 1. The molecule has 1 unspecified atom stereocenters. The van der Waals surface area contributed by atoms with Crippen molar-refractivity contribution in [2.75, 3.05) is 27.7 Å². The van der Waals surface area contributed by atoms with Gasteiger partial charge in [-0.1, -0.05) is 127 Å². The van der Waals surface area contributed by atoms with Crippen LogP contribution >= 0.6 is 7.82 Å². The molecule has 0 amide bonds. The van der Waals surface area contributed by atoms with Gasteiger partial charge in [-0.2, -0.15) is 0 Å². The second kappa shape index (κ2) is 19.4. The summed E-state index contributed by atoms with van der Waals surface area (Å²) in [6.45, 7) is 0.611. The van der Waals surface area contributed by atoms with Crippen LogP contribution in [0.15, 0.2) is 30.3 Å². The molecule has 204 valence electrons. The molecule has 0 heterocycles. The average Bonchev–Trinajstić information content (AvgIpc) is 2.76. The zero-order valence-electron chi connectivity index (χ0n) is 23.0.